The van der Waals surface area contributed by atoms with E-state index in [1.807, 2.05) is 19.9 Å². The van der Waals surface area contributed by atoms with Crippen LogP contribution in [-0.4, -0.2) is 41.0 Å². The minimum absolute atomic E-state index is 0.0692. The minimum atomic E-state index is -3.27. The first kappa shape index (κ1) is 22.6. The highest BCUT2D eigenvalue weighted by Gasteiger charge is 2.15. The Morgan fingerprint density at radius 3 is 2.23 bits per heavy atom. The lowest BCUT2D eigenvalue weighted by Crippen LogP contribution is -2.11. The Morgan fingerprint density at radius 1 is 0.968 bits per heavy atom. The van der Waals surface area contributed by atoms with Gasteiger partial charge in [-0.2, -0.15) is 5.10 Å². The molecule has 0 aliphatic heterocycles. The standard InChI is InChI=1S/C23H25N3O4S/c1-16(2)15-23(28)21-6-4-5-20(25-21)22(27)12-9-18-13-14-24-26(18)17-7-10-19(11-8-17)31(3,29)30/h4-8,10-11,13-14,16H,9,12,15H2,1-3H3. The van der Waals surface area contributed by atoms with Gasteiger partial charge in [0.05, 0.1) is 10.6 Å². The van der Waals surface area contributed by atoms with Crippen LogP contribution in [0.5, 0.6) is 0 Å². The van der Waals surface area contributed by atoms with Gasteiger partial charge in [0.15, 0.2) is 21.4 Å². The Morgan fingerprint density at radius 2 is 1.61 bits per heavy atom. The number of aryl methyl sites for hydroxylation is 1. The van der Waals surface area contributed by atoms with Crippen LogP contribution < -0.4 is 0 Å². The van der Waals surface area contributed by atoms with Crippen molar-refractivity contribution in [2.24, 2.45) is 5.92 Å². The zero-order valence-electron chi connectivity index (χ0n) is 17.8. The summed E-state index contributed by atoms with van der Waals surface area (Å²) >= 11 is 0. The molecule has 0 spiro atoms. The molecule has 2 heterocycles. The summed E-state index contributed by atoms with van der Waals surface area (Å²) in [5.74, 6) is 0.0000765. The zero-order chi connectivity index (χ0) is 22.6. The lowest BCUT2D eigenvalue weighted by atomic mass is 10.0. The molecule has 0 N–H and O–H groups in total. The van der Waals surface area contributed by atoms with Crippen LogP contribution in [0.4, 0.5) is 0 Å². The van der Waals surface area contributed by atoms with E-state index in [-0.39, 0.29) is 34.5 Å². The van der Waals surface area contributed by atoms with Crippen molar-refractivity contribution >= 4 is 21.4 Å². The molecule has 7 nitrogen and oxygen atoms in total. The van der Waals surface area contributed by atoms with Gasteiger partial charge >= 0.3 is 0 Å². The maximum absolute atomic E-state index is 12.7. The van der Waals surface area contributed by atoms with Crippen LogP contribution in [0, 0.1) is 5.92 Å². The van der Waals surface area contributed by atoms with Crippen molar-refractivity contribution in [3.05, 3.63) is 71.8 Å². The van der Waals surface area contributed by atoms with Crippen molar-refractivity contribution in [1.82, 2.24) is 14.8 Å². The summed E-state index contributed by atoms with van der Waals surface area (Å²) in [5.41, 5.74) is 2.11. The maximum Gasteiger partial charge on any atom is 0.181 e. The lowest BCUT2D eigenvalue weighted by Gasteiger charge is -2.09. The topological polar surface area (TPSA) is 99.0 Å². The molecular formula is C23H25N3O4S. The summed E-state index contributed by atoms with van der Waals surface area (Å²) in [6, 6.07) is 13.2. The van der Waals surface area contributed by atoms with E-state index in [0.717, 1.165) is 11.9 Å². The molecule has 1 aromatic carbocycles. The first-order valence-corrected chi connectivity index (χ1v) is 11.9. The zero-order valence-corrected chi connectivity index (χ0v) is 18.6. The summed E-state index contributed by atoms with van der Waals surface area (Å²) < 4.78 is 25.0. The normalized spacial score (nSPS) is 11.6. The summed E-state index contributed by atoms with van der Waals surface area (Å²) in [4.78, 5) is 29.4. The summed E-state index contributed by atoms with van der Waals surface area (Å²) in [5, 5.41) is 4.29. The Hall–Kier alpha value is -3.13. The van der Waals surface area contributed by atoms with Crippen LogP contribution in [0.1, 0.15) is 53.4 Å². The molecule has 31 heavy (non-hydrogen) atoms. The number of nitrogens with zero attached hydrogens (tertiary/aromatic N) is 3. The molecule has 3 rings (SSSR count). The average Bonchev–Trinajstić information content (AvgIpc) is 3.19. The highest BCUT2D eigenvalue weighted by Crippen LogP contribution is 2.17. The molecule has 0 amide bonds. The Balaban J connectivity index is 1.71. The fourth-order valence-electron chi connectivity index (χ4n) is 3.18. The number of hydrogen-bond donors (Lipinski definition) is 0. The van der Waals surface area contributed by atoms with Crippen molar-refractivity contribution in [2.75, 3.05) is 6.26 Å². The second-order valence-corrected chi connectivity index (χ2v) is 9.87. The number of carbonyl (C=O) groups is 2. The Labute approximate surface area is 182 Å². The van der Waals surface area contributed by atoms with Crippen LogP contribution in [0.2, 0.25) is 0 Å². The number of carbonyl (C=O) groups excluding carboxylic acids is 2. The minimum Gasteiger partial charge on any atom is -0.292 e. The third kappa shape index (κ3) is 5.73. The third-order valence-electron chi connectivity index (χ3n) is 4.75. The second kappa shape index (κ2) is 9.34. The van der Waals surface area contributed by atoms with Crippen molar-refractivity contribution in [3.63, 3.8) is 0 Å². The molecule has 0 aliphatic carbocycles. The highest BCUT2D eigenvalue weighted by molar-refractivity contribution is 7.90. The number of hydrogen-bond acceptors (Lipinski definition) is 6. The van der Waals surface area contributed by atoms with Crippen LogP contribution in [0.25, 0.3) is 5.69 Å². The first-order chi connectivity index (χ1) is 14.6. The van der Waals surface area contributed by atoms with Gasteiger partial charge in [0.2, 0.25) is 0 Å². The number of aromatic nitrogens is 3. The molecule has 0 radical (unpaired) electrons. The van der Waals surface area contributed by atoms with E-state index in [9.17, 15) is 18.0 Å². The molecule has 8 heteroatoms. The van der Waals surface area contributed by atoms with Crippen molar-refractivity contribution in [1.29, 1.82) is 0 Å². The van der Waals surface area contributed by atoms with E-state index in [0.29, 0.717) is 24.2 Å². The molecular weight excluding hydrogens is 414 g/mol. The first-order valence-electron chi connectivity index (χ1n) is 10.0. The van der Waals surface area contributed by atoms with Crippen LogP contribution in [0.3, 0.4) is 0 Å². The molecule has 162 valence electrons. The molecule has 3 aromatic rings. The van der Waals surface area contributed by atoms with E-state index in [1.54, 1.807) is 41.2 Å². The van der Waals surface area contributed by atoms with Crippen LogP contribution >= 0.6 is 0 Å². The lowest BCUT2D eigenvalue weighted by molar-refractivity contribution is 0.0962. The van der Waals surface area contributed by atoms with Crippen molar-refractivity contribution in [3.8, 4) is 5.69 Å². The number of ketones is 2. The predicted molar refractivity (Wildman–Crippen MR) is 117 cm³/mol. The van der Waals surface area contributed by atoms with E-state index in [1.165, 1.54) is 12.1 Å². The van der Waals surface area contributed by atoms with Gasteiger partial charge in [0, 0.05) is 31.0 Å². The molecule has 0 fully saturated rings. The third-order valence-corrected chi connectivity index (χ3v) is 5.88. The number of pyridine rings is 1. The van der Waals surface area contributed by atoms with Crippen molar-refractivity contribution in [2.45, 2.75) is 38.0 Å². The van der Waals surface area contributed by atoms with E-state index in [2.05, 4.69) is 10.1 Å². The SMILES string of the molecule is CC(C)CC(=O)c1cccc(C(=O)CCc2ccnn2-c2ccc(S(C)(=O)=O)cc2)n1. The van der Waals surface area contributed by atoms with Crippen LogP contribution in [0.15, 0.2) is 59.6 Å². The molecule has 2 aromatic heterocycles. The van der Waals surface area contributed by atoms with Crippen molar-refractivity contribution < 1.29 is 18.0 Å². The smallest absolute Gasteiger partial charge is 0.181 e. The fourth-order valence-corrected chi connectivity index (χ4v) is 3.81. The van der Waals surface area contributed by atoms with Gasteiger partial charge in [-0.15, -0.1) is 0 Å². The Bertz CT molecular complexity index is 1200. The number of Topliss-reactive ketones (excluding diaryl/α,β-unsaturated/α-hetero) is 2. The summed E-state index contributed by atoms with van der Waals surface area (Å²) in [6.45, 7) is 3.93. The number of rotatable bonds is 9. The monoisotopic (exact) mass is 439 g/mol. The van der Waals surface area contributed by atoms with E-state index in [4.69, 9.17) is 0 Å². The van der Waals surface area contributed by atoms with Gasteiger partial charge in [-0.05, 0) is 54.8 Å². The van der Waals surface area contributed by atoms with Gasteiger partial charge in [-0.3, -0.25) is 9.59 Å². The van der Waals surface area contributed by atoms with Crippen LogP contribution in [-0.2, 0) is 16.3 Å². The number of benzene rings is 1. The van der Waals surface area contributed by atoms with Gasteiger partial charge in [0.25, 0.3) is 0 Å². The van der Waals surface area contributed by atoms with E-state index >= 15 is 0 Å². The predicted octanol–water partition coefficient (Wildman–Crippen LogP) is 3.72. The van der Waals surface area contributed by atoms with Gasteiger partial charge < -0.3 is 0 Å². The summed E-state index contributed by atoms with van der Waals surface area (Å²) in [6.07, 6.45) is 3.82. The molecule has 0 unspecified atom stereocenters. The fraction of sp³-hybridized carbons (Fsp3) is 0.304. The maximum atomic E-state index is 12.7. The summed E-state index contributed by atoms with van der Waals surface area (Å²) in [7, 11) is -3.27. The van der Waals surface area contributed by atoms with Gasteiger partial charge in [-0.1, -0.05) is 19.9 Å². The van der Waals surface area contributed by atoms with Gasteiger partial charge in [-0.25, -0.2) is 18.1 Å². The molecule has 0 aliphatic rings. The van der Waals surface area contributed by atoms with E-state index < -0.39 is 9.84 Å². The average molecular weight is 440 g/mol. The van der Waals surface area contributed by atoms with Gasteiger partial charge in [0.1, 0.15) is 11.4 Å². The molecule has 0 atom stereocenters. The quantitative estimate of drug-likeness (QED) is 0.471. The largest absolute Gasteiger partial charge is 0.292 e. The second-order valence-electron chi connectivity index (χ2n) is 7.85. The Kier molecular flexibility index (Phi) is 6.80. The molecule has 0 saturated heterocycles. The number of sulfone groups is 1. The highest BCUT2D eigenvalue weighted by atomic mass is 32.2. The molecule has 0 bridgehead atoms. The molecule has 0 saturated carbocycles.